The van der Waals surface area contributed by atoms with Crippen LogP contribution in [0.5, 0.6) is 0 Å². The summed E-state index contributed by atoms with van der Waals surface area (Å²) >= 11 is 12.2. The SMILES string of the molecule is CCOC(=O)c1c(Cl)c2cc(Br)c(F)cc2n(C)c1=O.Cn1c(=O)cc(N[C@@H](C2CC2)C(F)(F)CO)c2cc(Br)c(F)cc21. The van der Waals surface area contributed by atoms with Crippen molar-refractivity contribution in [2.45, 2.75) is 31.7 Å². The first-order valence-corrected chi connectivity index (χ1v) is 15.2. The summed E-state index contributed by atoms with van der Waals surface area (Å²) in [5.74, 6) is -5.44. The molecule has 4 aromatic rings. The number of fused-ring (bicyclic) bond motifs is 2. The van der Waals surface area contributed by atoms with Crippen LogP contribution in [0.1, 0.15) is 30.1 Å². The highest BCUT2D eigenvalue weighted by molar-refractivity contribution is 9.10. The van der Waals surface area contributed by atoms with Crippen LogP contribution >= 0.6 is 43.5 Å². The highest BCUT2D eigenvalue weighted by atomic mass is 79.9. The van der Waals surface area contributed by atoms with Crippen LogP contribution in [-0.4, -0.2) is 45.4 Å². The molecule has 1 saturated carbocycles. The fourth-order valence-corrected chi connectivity index (χ4v) is 5.70. The molecule has 2 heterocycles. The van der Waals surface area contributed by atoms with Crippen molar-refractivity contribution in [3.63, 3.8) is 0 Å². The maximum atomic E-state index is 14.1. The van der Waals surface area contributed by atoms with E-state index in [0.717, 1.165) is 0 Å². The van der Waals surface area contributed by atoms with Gasteiger partial charge in [0.2, 0.25) is 0 Å². The minimum Gasteiger partial charge on any atom is -0.462 e. The zero-order valence-electron chi connectivity index (χ0n) is 23.5. The topological polar surface area (TPSA) is 103 Å². The van der Waals surface area contributed by atoms with Gasteiger partial charge in [0.1, 0.15) is 23.8 Å². The van der Waals surface area contributed by atoms with Crippen molar-refractivity contribution in [1.29, 1.82) is 0 Å². The van der Waals surface area contributed by atoms with Crippen LogP contribution < -0.4 is 16.4 Å². The first-order chi connectivity index (χ1) is 20.6. The number of nitrogens with one attached hydrogen (secondary N) is 1. The summed E-state index contributed by atoms with van der Waals surface area (Å²) in [7, 11) is 2.93. The normalized spacial score (nSPS) is 13.9. The summed E-state index contributed by atoms with van der Waals surface area (Å²) in [6.07, 6.45) is 1.27. The molecule has 44 heavy (non-hydrogen) atoms. The number of carbonyl (C=O) groups excluding carboxylic acids is 1. The number of anilines is 1. The lowest BCUT2D eigenvalue weighted by Gasteiger charge is -2.28. The van der Waals surface area contributed by atoms with Crippen molar-refractivity contribution in [3.8, 4) is 0 Å². The number of rotatable bonds is 7. The molecule has 2 N–H and O–H groups in total. The summed E-state index contributed by atoms with van der Waals surface area (Å²) < 4.78 is 63.1. The first-order valence-electron chi connectivity index (χ1n) is 13.2. The zero-order valence-corrected chi connectivity index (χ0v) is 27.4. The number of ether oxygens (including phenoxy) is 1. The third-order valence-electron chi connectivity index (χ3n) is 7.21. The standard InChI is InChI=1S/C16H16BrF3N2O2.C13H10BrClFNO3/c1-22-13-5-11(18)10(17)4-9(13)12(6-14(22)24)21-15(8-2-3-8)16(19,20)7-23;1-3-20-13(19)10-11(15)6-4-7(14)8(16)5-9(6)17(2)12(10)18/h4-6,8,15,21,23H,2-3,7H2,1H3;4-5H,3H2,1-2H3/t15-;/m0./s1. The van der Waals surface area contributed by atoms with Crippen LogP contribution in [0.25, 0.3) is 21.8 Å². The summed E-state index contributed by atoms with van der Waals surface area (Å²) in [6, 6.07) is 5.18. The number of aliphatic hydroxyl groups is 1. The molecule has 8 nitrogen and oxygen atoms in total. The predicted molar refractivity (Wildman–Crippen MR) is 167 cm³/mol. The number of hydrogen-bond donors (Lipinski definition) is 2. The van der Waals surface area contributed by atoms with Crippen LogP contribution in [0.2, 0.25) is 5.02 Å². The van der Waals surface area contributed by atoms with Crippen molar-refractivity contribution in [1.82, 2.24) is 9.13 Å². The fourth-order valence-electron chi connectivity index (χ4n) is 4.70. The number of esters is 1. The van der Waals surface area contributed by atoms with E-state index in [1.165, 1.54) is 53.6 Å². The van der Waals surface area contributed by atoms with E-state index in [1.54, 1.807) is 6.92 Å². The number of benzene rings is 2. The molecule has 1 aliphatic carbocycles. The Morgan fingerprint density at radius 1 is 1.05 bits per heavy atom. The lowest BCUT2D eigenvalue weighted by molar-refractivity contribution is -0.0694. The van der Waals surface area contributed by atoms with Crippen molar-refractivity contribution in [2.24, 2.45) is 20.0 Å². The van der Waals surface area contributed by atoms with Gasteiger partial charge in [-0.2, -0.15) is 0 Å². The number of pyridine rings is 2. The zero-order chi connectivity index (χ0) is 32.7. The molecule has 0 aliphatic heterocycles. The molecule has 0 amide bonds. The Labute approximate surface area is 269 Å². The van der Waals surface area contributed by atoms with E-state index in [2.05, 4.69) is 37.2 Å². The quantitative estimate of drug-likeness (QED) is 0.164. The fraction of sp³-hybridized carbons (Fsp3) is 0.345. The van der Waals surface area contributed by atoms with E-state index >= 15 is 0 Å². The molecular weight excluding hydrogens is 742 g/mol. The van der Waals surface area contributed by atoms with Crippen LogP contribution in [0, 0.1) is 17.6 Å². The Bertz CT molecular complexity index is 1900. The van der Waals surface area contributed by atoms with Crippen molar-refractivity contribution in [2.75, 3.05) is 18.5 Å². The van der Waals surface area contributed by atoms with Gasteiger partial charge in [-0.05, 0) is 81.8 Å². The van der Waals surface area contributed by atoms with Gasteiger partial charge in [-0.3, -0.25) is 9.59 Å². The van der Waals surface area contributed by atoms with E-state index in [0.29, 0.717) is 34.6 Å². The second-order valence-electron chi connectivity index (χ2n) is 10.2. The molecule has 15 heteroatoms. The Hall–Kier alpha value is -2.94. The van der Waals surface area contributed by atoms with Gasteiger partial charge < -0.3 is 24.3 Å². The molecule has 0 unspecified atom stereocenters. The highest BCUT2D eigenvalue weighted by Gasteiger charge is 2.48. The molecule has 1 fully saturated rings. The average molecular weight is 768 g/mol. The molecule has 2 aromatic carbocycles. The van der Waals surface area contributed by atoms with Crippen LogP contribution in [0.3, 0.4) is 0 Å². The van der Waals surface area contributed by atoms with Gasteiger partial charge in [-0.25, -0.2) is 22.4 Å². The highest BCUT2D eigenvalue weighted by Crippen LogP contribution is 2.42. The molecular formula is C29H26Br2ClF4N3O5. The largest absolute Gasteiger partial charge is 0.462 e. The second-order valence-corrected chi connectivity index (χ2v) is 12.3. The van der Waals surface area contributed by atoms with Crippen LogP contribution in [-0.2, 0) is 18.8 Å². The lowest BCUT2D eigenvalue weighted by atomic mass is 10.0. The number of alkyl halides is 2. The lowest BCUT2D eigenvalue weighted by Crippen LogP contribution is -2.44. The minimum atomic E-state index is -3.31. The van der Waals surface area contributed by atoms with Gasteiger partial charge in [0.25, 0.3) is 17.0 Å². The van der Waals surface area contributed by atoms with Crippen molar-refractivity contribution >= 4 is 76.9 Å². The molecule has 0 saturated heterocycles. The Morgan fingerprint density at radius 2 is 1.59 bits per heavy atom. The van der Waals surface area contributed by atoms with E-state index in [9.17, 15) is 31.9 Å². The van der Waals surface area contributed by atoms with Gasteiger partial charge in [-0.1, -0.05) is 11.6 Å². The van der Waals surface area contributed by atoms with Gasteiger partial charge >= 0.3 is 5.97 Å². The third-order valence-corrected chi connectivity index (χ3v) is 8.82. The van der Waals surface area contributed by atoms with Crippen molar-refractivity contribution in [3.05, 3.63) is 82.2 Å². The number of hydrogen-bond acceptors (Lipinski definition) is 6. The Kier molecular flexibility index (Phi) is 10.2. The number of halogens is 7. The van der Waals surface area contributed by atoms with Gasteiger partial charge in [0.05, 0.1) is 37.7 Å². The minimum absolute atomic E-state index is 0.0396. The van der Waals surface area contributed by atoms with Gasteiger partial charge in [-0.15, -0.1) is 0 Å². The Morgan fingerprint density at radius 3 is 2.11 bits per heavy atom. The number of aromatic nitrogens is 2. The monoisotopic (exact) mass is 765 g/mol. The van der Waals surface area contributed by atoms with E-state index in [4.69, 9.17) is 21.4 Å². The number of carbonyl (C=O) groups is 1. The smallest absolute Gasteiger partial charge is 0.345 e. The summed E-state index contributed by atoms with van der Waals surface area (Å²) in [4.78, 5) is 36.1. The maximum Gasteiger partial charge on any atom is 0.345 e. The van der Waals surface area contributed by atoms with Crippen LogP contribution in [0.15, 0.2) is 48.9 Å². The number of nitrogens with zero attached hydrogens (tertiary/aromatic N) is 2. The number of aryl methyl sites for hydroxylation is 2. The van der Waals surface area contributed by atoms with Gasteiger partial charge in [0, 0.05) is 36.6 Å². The summed E-state index contributed by atoms with van der Waals surface area (Å²) in [6.45, 7) is 0.481. The maximum absolute atomic E-state index is 14.1. The van der Waals surface area contributed by atoms with E-state index in [-0.39, 0.29) is 37.7 Å². The summed E-state index contributed by atoms with van der Waals surface area (Å²) in [5.41, 5.74) is -0.501. The molecule has 1 aliphatic rings. The predicted octanol–water partition coefficient (Wildman–Crippen LogP) is 6.53. The molecule has 0 spiro atoms. The molecule has 1 atom stereocenters. The Balaban J connectivity index is 0.000000204. The van der Waals surface area contributed by atoms with Gasteiger partial charge in [0.15, 0.2) is 0 Å². The molecule has 236 valence electrons. The molecule has 0 radical (unpaired) electrons. The van der Waals surface area contributed by atoms with E-state index in [1.807, 2.05) is 0 Å². The summed E-state index contributed by atoms with van der Waals surface area (Å²) in [5, 5.41) is 12.5. The molecule has 2 aromatic heterocycles. The second kappa shape index (κ2) is 13.2. The molecule has 5 rings (SSSR count). The molecule has 0 bridgehead atoms. The van der Waals surface area contributed by atoms with Crippen molar-refractivity contribution < 1.29 is 32.2 Å². The average Bonchev–Trinajstić information content (AvgIpc) is 3.81. The number of aliphatic hydroxyl groups excluding tert-OH is 1. The van der Waals surface area contributed by atoms with Crippen LogP contribution in [0.4, 0.5) is 23.2 Å². The third kappa shape index (κ3) is 6.68. The van der Waals surface area contributed by atoms with E-state index < -0.39 is 47.3 Å². The first kappa shape index (κ1) is 33.9.